The zero-order chi connectivity index (χ0) is 12.5. The van der Waals surface area contributed by atoms with Crippen molar-refractivity contribution in [2.24, 2.45) is 5.73 Å². The topological polar surface area (TPSA) is 57.0 Å². The highest BCUT2D eigenvalue weighted by Gasteiger charge is 2.20. The summed E-state index contributed by atoms with van der Waals surface area (Å²) < 4.78 is 7.88. The van der Waals surface area contributed by atoms with Crippen molar-refractivity contribution in [2.45, 2.75) is 45.2 Å². The Morgan fingerprint density at radius 1 is 1.56 bits per heavy atom. The van der Waals surface area contributed by atoms with Gasteiger partial charge in [-0.15, -0.1) is 0 Å². The second-order valence-corrected chi connectivity index (χ2v) is 4.92. The number of aromatic nitrogens is 2. The highest BCUT2D eigenvalue weighted by atomic mass is 16.4. The third-order valence-corrected chi connectivity index (χ3v) is 3.70. The van der Waals surface area contributed by atoms with Crippen molar-refractivity contribution >= 4 is 0 Å². The Morgan fingerprint density at radius 3 is 3.22 bits per heavy atom. The van der Waals surface area contributed by atoms with Gasteiger partial charge in [-0.2, -0.15) is 0 Å². The molecule has 4 heteroatoms. The second-order valence-electron chi connectivity index (χ2n) is 4.92. The van der Waals surface area contributed by atoms with E-state index in [0.29, 0.717) is 6.54 Å². The molecule has 1 atom stereocenters. The molecule has 0 amide bonds. The van der Waals surface area contributed by atoms with E-state index >= 15 is 0 Å². The number of hydrogen-bond acceptors (Lipinski definition) is 3. The first-order chi connectivity index (χ1) is 8.78. The quantitative estimate of drug-likeness (QED) is 0.903. The lowest BCUT2D eigenvalue weighted by molar-refractivity contribution is 0.440. The summed E-state index contributed by atoms with van der Waals surface area (Å²) in [7, 11) is 0. The van der Waals surface area contributed by atoms with Crippen molar-refractivity contribution in [3.63, 3.8) is 0 Å². The number of nitrogens with two attached hydrogens (primary N) is 1. The predicted octanol–water partition coefficient (Wildman–Crippen LogP) is 2.42. The van der Waals surface area contributed by atoms with Crippen LogP contribution in [0.1, 0.15) is 48.7 Å². The molecule has 0 fully saturated rings. The summed E-state index contributed by atoms with van der Waals surface area (Å²) in [5, 5.41) is 0. The number of aryl methyl sites for hydroxylation is 1. The standard InChI is InChI=1S/C14H19N3O/c1-2-10-8-16-14(18-10)9-17-7-6-11-12(15)4-3-5-13(11)17/h6-8,12H,2-5,9,15H2,1H3. The van der Waals surface area contributed by atoms with Crippen LogP contribution in [0.25, 0.3) is 0 Å². The van der Waals surface area contributed by atoms with E-state index in [1.165, 1.54) is 17.7 Å². The molecule has 2 heterocycles. The highest BCUT2D eigenvalue weighted by Crippen LogP contribution is 2.29. The molecule has 0 radical (unpaired) electrons. The summed E-state index contributed by atoms with van der Waals surface area (Å²) in [6.45, 7) is 2.78. The molecule has 1 aliphatic carbocycles. The molecule has 1 aliphatic rings. The predicted molar refractivity (Wildman–Crippen MR) is 69.3 cm³/mol. The summed E-state index contributed by atoms with van der Waals surface area (Å²) >= 11 is 0. The van der Waals surface area contributed by atoms with Crippen molar-refractivity contribution < 1.29 is 4.42 Å². The zero-order valence-electron chi connectivity index (χ0n) is 10.7. The van der Waals surface area contributed by atoms with E-state index < -0.39 is 0 Å². The molecular formula is C14H19N3O. The average molecular weight is 245 g/mol. The highest BCUT2D eigenvalue weighted by molar-refractivity contribution is 5.28. The van der Waals surface area contributed by atoms with Crippen LogP contribution in [0.15, 0.2) is 22.9 Å². The van der Waals surface area contributed by atoms with Gasteiger partial charge in [0.1, 0.15) is 5.76 Å². The van der Waals surface area contributed by atoms with Gasteiger partial charge in [-0.05, 0) is 30.9 Å². The van der Waals surface area contributed by atoms with Crippen molar-refractivity contribution in [3.8, 4) is 0 Å². The van der Waals surface area contributed by atoms with Crippen LogP contribution in [0.2, 0.25) is 0 Å². The minimum Gasteiger partial charge on any atom is -0.444 e. The first-order valence-electron chi connectivity index (χ1n) is 6.65. The molecule has 4 nitrogen and oxygen atoms in total. The second kappa shape index (κ2) is 4.61. The van der Waals surface area contributed by atoms with Crippen molar-refractivity contribution in [2.75, 3.05) is 0 Å². The molecule has 96 valence electrons. The lowest BCUT2D eigenvalue weighted by atomic mass is 9.94. The van der Waals surface area contributed by atoms with Crippen LogP contribution in [0.5, 0.6) is 0 Å². The van der Waals surface area contributed by atoms with E-state index in [-0.39, 0.29) is 6.04 Å². The Hall–Kier alpha value is -1.55. The van der Waals surface area contributed by atoms with Crippen LogP contribution >= 0.6 is 0 Å². The smallest absolute Gasteiger partial charge is 0.214 e. The minimum atomic E-state index is 0.200. The maximum Gasteiger partial charge on any atom is 0.214 e. The van der Waals surface area contributed by atoms with E-state index in [9.17, 15) is 0 Å². The molecule has 18 heavy (non-hydrogen) atoms. The van der Waals surface area contributed by atoms with Crippen LogP contribution in [-0.4, -0.2) is 9.55 Å². The Kier molecular flexibility index (Phi) is 2.96. The number of fused-ring (bicyclic) bond motifs is 1. The van der Waals surface area contributed by atoms with Crippen molar-refractivity contribution in [1.29, 1.82) is 0 Å². The zero-order valence-corrected chi connectivity index (χ0v) is 10.7. The molecule has 0 spiro atoms. The van der Waals surface area contributed by atoms with Crippen LogP contribution in [0.3, 0.4) is 0 Å². The van der Waals surface area contributed by atoms with Gasteiger partial charge in [0, 0.05) is 24.4 Å². The largest absolute Gasteiger partial charge is 0.444 e. The van der Waals surface area contributed by atoms with Crippen molar-refractivity contribution in [3.05, 3.63) is 41.4 Å². The fourth-order valence-corrected chi connectivity index (χ4v) is 2.67. The molecule has 0 saturated heterocycles. The lowest BCUT2D eigenvalue weighted by Gasteiger charge is -2.20. The Balaban J connectivity index is 1.85. The van der Waals surface area contributed by atoms with Crippen LogP contribution in [0, 0.1) is 0 Å². The molecule has 0 aliphatic heterocycles. The first-order valence-corrected chi connectivity index (χ1v) is 6.65. The van der Waals surface area contributed by atoms with E-state index in [4.69, 9.17) is 10.2 Å². The summed E-state index contributed by atoms with van der Waals surface area (Å²) in [5.74, 6) is 1.73. The van der Waals surface area contributed by atoms with Gasteiger partial charge in [0.2, 0.25) is 5.89 Å². The Morgan fingerprint density at radius 2 is 2.44 bits per heavy atom. The van der Waals surface area contributed by atoms with Crippen LogP contribution < -0.4 is 5.73 Å². The number of rotatable bonds is 3. The van der Waals surface area contributed by atoms with Gasteiger partial charge in [0.05, 0.1) is 12.7 Å². The Bertz CT molecular complexity index is 541. The fraction of sp³-hybridized carbons (Fsp3) is 0.500. The molecule has 2 aromatic rings. The maximum absolute atomic E-state index is 6.13. The van der Waals surface area contributed by atoms with E-state index in [2.05, 4.69) is 28.7 Å². The summed E-state index contributed by atoms with van der Waals surface area (Å²) in [5.41, 5.74) is 8.77. The Labute approximate surface area is 107 Å². The third kappa shape index (κ3) is 1.97. The minimum absolute atomic E-state index is 0.200. The molecule has 2 N–H and O–H groups in total. The molecule has 1 unspecified atom stereocenters. The SMILES string of the molecule is CCc1cnc(Cn2ccc3c2CCCC3N)o1. The van der Waals surface area contributed by atoms with Gasteiger partial charge >= 0.3 is 0 Å². The molecule has 0 aromatic carbocycles. The summed E-state index contributed by atoms with van der Waals surface area (Å²) in [4.78, 5) is 4.31. The number of oxazole rings is 1. The molecule has 2 aromatic heterocycles. The number of hydrogen-bond donors (Lipinski definition) is 1. The summed E-state index contributed by atoms with van der Waals surface area (Å²) in [6, 6.07) is 2.34. The van der Waals surface area contributed by atoms with Gasteiger partial charge < -0.3 is 14.7 Å². The third-order valence-electron chi connectivity index (χ3n) is 3.70. The normalized spacial score (nSPS) is 18.9. The average Bonchev–Trinajstić information content (AvgIpc) is 2.98. The van der Waals surface area contributed by atoms with Gasteiger partial charge in [-0.3, -0.25) is 0 Å². The summed E-state index contributed by atoms with van der Waals surface area (Å²) in [6.07, 6.45) is 8.18. The monoisotopic (exact) mass is 245 g/mol. The maximum atomic E-state index is 6.13. The van der Waals surface area contributed by atoms with Gasteiger partial charge in [-0.1, -0.05) is 6.92 Å². The van der Waals surface area contributed by atoms with E-state index in [1.54, 1.807) is 0 Å². The molecular weight excluding hydrogens is 226 g/mol. The van der Waals surface area contributed by atoms with Gasteiger partial charge in [0.15, 0.2) is 0 Å². The van der Waals surface area contributed by atoms with Crippen LogP contribution in [-0.2, 0) is 19.4 Å². The first kappa shape index (κ1) is 11.5. The fourth-order valence-electron chi connectivity index (χ4n) is 2.67. The lowest BCUT2D eigenvalue weighted by Crippen LogP contribution is -2.18. The molecule has 0 bridgehead atoms. The van der Waals surface area contributed by atoms with Crippen molar-refractivity contribution in [1.82, 2.24) is 9.55 Å². The van der Waals surface area contributed by atoms with Gasteiger partial charge in [-0.25, -0.2) is 4.98 Å². The van der Waals surface area contributed by atoms with Gasteiger partial charge in [0.25, 0.3) is 0 Å². The molecule has 3 rings (SSSR count). The van der Waals surface area contributed by atoms with E-state index in [0.717, 1.165) is 30.9 Å². The number of nitrogens with zero attached hydrogens (tertiary/aromatic N) is 2. The van der Waals surface area contributed by atoms with E-state index in [1.807, 2.05) is 6.20 Å². The van der Waals surface area contributed by atoms with Crippen LogP contribution in [0.4, 0.5) is 0 Å². The molecule has 0 saturated carbocycles.